The fraction of sp³-hybridized carbons (Fsp3) is 0.500. The molecule has 2 nitrogen and oxygen atoms in total. The highest BCUT2D eigenvalue weighted by Crippen LogP contribution is 2.19. The maximum atomic E-state index is 5.67. The van der Waals surface area contributed by atoms with Crippen molar-refractivity contribution < 1.29 is 4.74 Å². The molecule has 0 unspecified atom stereocenters. The second-order valence-electron chi connectivity index (χ2n) is 3.84. The Bertz CT molecular complexity index is 295. The van der Waals surface area contributed by atoms with Crippen LogP contribution in [-0.4, -0.2) is 26.0 Å². The largest absolute Gasteiger partial charge is 0.494 e. The van der Waals surface area contributed by atoms with Gasteiger partial charge in [0, 0.05) is 4.90 Å². The molecular weight excluding hydrogens is 206 g/mol. The number of ether oxygens (including phenoxy) is 1. The first-order valence-corrected chi connectivity index (χ1v) is 6.58. The monoisotopic (exact) mass is 223 g/mol. The molecule has 0 aliphatic carbocycles. The van der Waals surface area contributed by atoms with E-state index in [0.29, 0.717) is 0 Å². The molecule has 82 valence electrons. The van der Waals surface area contributed by atoms with Crippen LogP contribution in [0.2, 0.25) is 0 Å². The van der Waals surface area contributed by atoms with Crippen LogP contribution in [0.5, 0.6) is 5.75 Å². The Hall–Kier alpha value is -0.670. The predicted molar refractivity (Wildman–Crippen MR) is 64.7 cm³/mol. The molecule has 1 N–H and O–H groups in total. The Morgan fingerprint density at radius 2 is 2.07 bits per heavy atom. The summed E-state index contributed by atoms with van der Waals surface area (Å²) in [6.07, 6.45) is 3.25. The summed E-state index contributed by atoms with van der Waals surface area (Å²) in [5.74, 6) is 1.82. The lowest BCUT2D eigenvalue weighted by atomic mass is 10.0. The van der Waals surface area contributed by atoms with E-state index in [9.17, 15) is 0 Å². The first-order valence-electron chi connectivity index (χ1n) is 5.36. The molecule has 0 radical (unpaired) electrons. The lowest BCUT2D eigenvalue weighted by Gasteiger charge is -2.26. The first-order chi connectivity index (χ1) is 7.38. The Morgan fingerprint density at radius 1 is 1.33 bits per heavy atom. The first kappa shape index (κ1) is 10.8. The topological polar surface area (TPSA) is 21.3 Å². The van der Waals surface area contributed by atoms with Gasteiger partial charge in [-0.3, -0.25) is 0 Å². The van der Waals surface area contributed by atoms with Crippen LogP contribution < -0.4 is 10.1 Å². The van der Waals surface area contributed by atoms with E-state index in [2.05, 4.69) is 23.7 Å². The summed E-state index contributed by atoms with van der Waals surface area (Å²) >= 11 is 1.76. The maximum Gasteiger partial charge on any atom is 0.119 e. The van der Waals surface area contributed by atoms with Crippen molar-refractivity contribution in [2.24, 2.45) is 5.92 Å². The molecule has 1 aliphatic heterocycles. The summed E-state index contributed by atoms with van der Waals surface area (Å²) in [5.41, 5.74) is 0. The Balaban J connectivity index is 1.72. The van der Waals surface area contributed by atoms with Crippen LogP contribution >= 0.6 is 11.8 Å². The van der Waals surface area contributed by atoms with Crippen molar-refractivity contribution in [2.75, 3.05) is 26.0 Å². The second-order valence-corrected chi connectivity index (χ2v) is 4.72. The quantitative estimate of drug-likeness (QED) is 0.775. The highest BCUT2D eigenvalue weighted by atomic mass is 32.2. The molecule has 2 rings (SSSR count). The summed E-state index contributed by atoms with van der Waals surface area (Å²) in [6, 6.07) is 8.30. The molecular formula is C12H17NOS. The van der Waals surface area contributed by atoms with E-state index < -0.39 is 0 Å². The number of benzene rings is 1. The molecule has 0 amide bonds. The van der Waals surface area contributed by atoms with Crippen molar-refractivity contribution in [3.63, 3.8) is 0 Å². The molecule has 3 heteroatoms. The third-order valence-corrected chi connectivity index (χ3v) is 3.46. The van der Waals surface area contributed by atoms with Gasteiger partial charge in [-0.15, -0.1) is 11.8 Å². The third kappa shape index (κ3) is 3.14. The van der Waals surface area contributed by atoms with Crippen LogP contribution in [-0.2, 0) is 0 Å². The van der Waals surface area contributed by atoms with Crippen LogP contribution in [0.3, 0.4) is 0 Å². The van der Waals surface area contributed by atoms with E-state index in [1.165, 1.54) is 4.90 Å². The van der Waals surface area contributed by atoms with Crippen molar-refractivity contribution in [1.82, 2.24) is 5.32 Å². The Kier molecular flexibility index (Phi) is 3.92. The van der Waals surface area contributed by atoms with Gasteiger partial charge < -0.3 is 10.1 Å². The van der Waals surface area contributed by atoms with Gasteiger partial charge in [0.2, 0.25) is 0 Å². The summed E-state index contributed by atoms with van der Waals surface area (Å²) in [6.45, 7) is 3.16. The maximum absolute atomic E-state index is 5.67. The SMILES string of the molecule is CSc1ccc(OCCC2CNC2)cc1. The predicted octanol–water partition coefficient (Wildman–Crippen LogP) is 2.40. The fourth-order valence-corrected chi connectivity index (χ4v) is 1.98. The highest BCUT2D eigenvalue weighted by Gasteiger charge is 2.15. The number of rotatable bonds is 5. The number of nitrogens with one attached hydrogen (secondary N) is 1. The van der Waals surface area contributed by atoms with Crippen LogP contribution in [0.15, 0.2) is 29.2 Å². The van der Waals surface area contributed by atoms with E-state index in [0.717, 1.165) is 37.8 Å². The van der Waals surface area contributed by atoms with Gasteiger partial charge in [-0.2, -0.15) is 0 Å². The van der Waals surface area contributed by atoms with Gasteiger partial charge in [0.25, 0.3) is 0 Å². The number of hydrogen-bond donors (Lipinski definition) is 1. The van der Waals surface area contributed by atoms with Crippen molar-refractivity contribution in [2.45, 2.75) is 11.3 Å². The molecule has 1 aromatic rings. The average Bonchev–Trinajstić information content (AvgIpc) is 2.23. The van der Waals surface area contributed by atoms with E-state index in [1.807, 2.05) is 12.1 Å². The minimum atomic E-state index is 0.829. The van der Waals surface area contributed by atoms with Crippen LogP contribution in [0.25, 0.3) is 0 Å². The lowest BCUT2D eigenvalue weighted by Crippen LogP contribution is -2.42. The summed E-state index contributed by atoms with van der Waals surface area (Å²) < 4.78 is 5.67. The second kappa shape index (κ2) is 5.42. The molecule has 1 aromatic carbocycles. The molecule has 0 aromatic heterocycles. The summed E-state index contributed by atoms with van der Waals surface area (Å²) in [4.78, 5) is 1.28. The van der Waals surface area contributed by atoms with Gasteiger partial charge >= 0.3 is 0 Å². The van der Waals surface area contributed by atoms with Gasteiger partial charge in [0.05, 0.1) is 6.61 Å². The number of thioether (sulfide) groups is 1. The summed E-state index contributed by atoms with van der Waals surface area (Å²) in [7, 11) is 0. The van der Waals surface area contributed by atoms with E-state index in [4.69, 9.17) is 4.74 Å². The van der Waals surface area contributed by atoms with Crippen LogP contribution in [0, 0.1) is 5.92 Å². The molecule has 1 fully saturated rings. The summed E-state index contributed by atoms with van der Waals surface area (Å²) in [5, 5.41) is 3.27. The van der Waals surface area contributed by atoms with Crippen molar-refractivity contribution in [3.8, 4) is 5.75 Å². The Morgan fingerprint density at radius 3 is 2.60 bits per heavy atom. The molecule has 15 heavy (non-hydrogen) atoms. The molecule has 1 heterocycles. The highest BCUT2D eigenvalue weighted by molar-refractivity contribution is 7.98. The number of hydrogen-bond acceptors (Lipinski definition) is 3. The van der Waals surface area contributed by atoms with E-state index in [1.54, 1.807) is 11.8 Å². The van der Waals surface area contributed by atoms with Crippen molar-refractivity contribution in [3.05, 3.63) is 24.3 Å². The zero-order valence-corrected chi connectivity index (χ0v) is 9.85. The minimum absolute atomic E-state index is 0.829. The van der Waals surface area contributed by atoms with Gasteiger partial charge in [-0.1, -0.05) is 0 Å². The van der Waals surface area contributed by atoms with Crippen LogP contribution in [0.4, 0.5) is 0 Å². The smallest absolute Gasteiger partial charge is 0.119 e. The van der Waals surface area contributed by atoms with Crippen LogP contribution in [0.1, 0.15) is 6.42 Å². The molecule has 1 aliphatic rings. The lowest BCUT2D eigenvalue weighted by molar-refractivity contribution is 0.238. The molecule has 0 atom stereocenters. The molecule has 0 saturated carbocycles. The van der Waals surface area contributed by atoms with Gasteiger partial charge in [-0.05, 0) is 55.9 Å². The zero-order chi connectivity index (χ0) is 10.5. The Labute approximate surface area is 95.4 Å². The molecule has 1 saturated heterocycles. The van der Waals surface area contributed by atoms with Gasteiger partial charge in [0.1, 0.15) is 5.75 Å². The molecule has 0 bridgehead atoms. The van der Waals surface area contributed by atoms with Crippen molar-refractivity contribution >= 4 is 11.8 Å². The third-order valence-electron chi connectivity index (χ3n) is 2.72. The molecule has 0 spiro atoms. The van der Waals surface area contributed by atoms with Gasteiger partial charge in [-0.25, -0.2) is 0 Å². The van der Waals surface area contributed by atoms with Gasteiger partial charge in [0.15, 0.2) is 0 Å². The van der Waals surface area contributed by atoms with Crippen molar-refractivity contribution in [1.29, 1.82) is 0 Å². The normalized spacial score (nSPS) is 16.1. The minimum Gasteiger partial charge on any atom is -0.494 e. The standard InChI is InChI=1S/C12H17NOS/c1-15-12-4-2-11(3-5-12)14-7-6-10-8-13-9-10/h2-5,10,13H,6-9H2,1H3. The van der Waals surface area contributed by atoms with E-state index >= 15 is 0 Å². The fourth-order valence-electron chi connectivity index (χ4n) is 1.57. The van der Waals surface area contributed by atoms with E-state index in [-0.39, 0.29) is 0 Å². The zero-order valence-electron chi connectivity index (χ0n) is 9.03. The average molecular weight is 223 g/mol.